The van der Waals surface area contributed by atoms with Gasteiger partial charge in [0.05, 0.1) is 19.9 Å². The van der Waals surface area contributed by atoms with Gasteiger partial charge in [-0.15, -0.1) is 0 Å². The van der Waals surface area contributed by atoms with E-state index in [1.165, 1.54) is 12.4 Å². The van der Waals surface area contributed by atoms with Gasteiger partial charge in [-0.2, -0.15) is 5.10 Å². The molecule has 0 amide bonds. The van der Waals surface area contributed by atoms with Crippen molar-refractivity contribution in [2.24, 2.45) is 5.92 Å². The molecule has 130 valence electrons. The second kappa shape index (κ2) is 6.82. The van der Waals surface area contributed by atoms with E-state index in [4.69, 9.17) is 9.47 Å². The zero-order valence-corrected chi connectivity index (χ0v) is 14.5. The fraction of sp³-hybridized carbons (Fsp3) is 0.438. The van der Waals surface area contributed by atoms with E-state index >= 15 is 0 Å². The largest absolute Gasteiger partial charge is 0.493 e. The Balaban J connectivity index is 1.65. The van der Waals surface area contributed by atoms with Crippen molar-refractivity contribution in [3.63, 3.8) is 0 Å². The highest BCUT2D eigenvalue weighted by atomic mass is 32.2. The number of hydrogen-bond acceptors (Lipinski definition) is 5. The van der Waals surface area contributed by atoms with E-state index in [1.54, 1.807) is 11.8 Å². The first kappa shape index (κ1) is 16.8. The number of para-hydroxylation sites is 1. The van der Waals surface area contributed by atoms with Gasteiger partial charge in [-0.3, -0.25) is 4.68 Å². The highest BCUT2D eigenvalue weighted by molar-refractivity contribution is 7.89. The molecule has 2 heterocycles. The first-order chi connectivity index (χ1) is 11.5. The van der Waals surface area contributed by atoms with Crippen LogP contribution in [0.3, 0.4) is 0 Å². The summed E-state index contributed by atoms with van der Waals surface area (Å²) in [6.07, 6.45) is 3.63. The van der Waals surface area contributed by atoms with Crippen molar-refractivity contribution in [2.75, 3.05) is 20.3 Å². The quantitative estimate of drug-likeness (QED) is 0.852. The molecule has 0 fully saturated rings. The Morgan fingerprint density at radius 1 is 1.46 bits per heavy atom. The summed E-state index contributed by atoms with van der Waals surface area (Å²) < 4.78 is 39.9. The Kier molecular flexibility index (Phi) is 4.77. The lowest BCUT2D eigenvalue weighted by Crippen LogP contribution is -2.34. The Hall–Kier alpha value is -2.06. The molecule has 1 aliphatic rings. The fourth-order valence-corrected chi connectivity index (χ4v) is 3.78. The number of benzene rings is 1. The molecule has 2 aromatic rings. The molecule has 1 atom stereocenters. The molecule has 1 N–H and O–H groups in total. The molecule has 1 unspecified atom stereocenters. The standard InChI is InChI=1S/C16H21N3O4S/c1-3-19-10-14(9-17-19)24(20,21)18-8-12-7-13-5-4-6-15(22-2)16(13)23-11-12/h4-6,9-10,12,18H,3,7-8,11H2,1-2H3. The average molecular weight is 351 g/mol. The minimum absolute atomic E-state index is 0.0700. The van der Waals surface area contributed by atoms with Crippen LogP contribution >= 0.6 is 0 Å². The zero-order chi connectivity index (χ0) is 17.2. The minimum Gasteiger partial charge on any atom is -0.493 e. The van der Waals surface area contributed by atoms with Crippen molar-refractivity contribution in [1.29, 1.82) is 0 Å². The van der Waals surface area contributed by atoms with Crippen LogP contribution in [0, 0.1) is 5.92 Å². The molecule has 8 heteroatoms. The van der Waals surface area contributed by atoms with Gasteiger partial charge in [0.2, 0.25) is 10.0 Å². The van der Waals surface area contributed by atoms with E-state index in [9.17, 15) is 8.42 Å². The number of rotatable bonds is 6. The molecule has 0 bridgehead atoms. The van der Waals surface area contributed by atoms with Crippen LogP contribution in [0.5, 0.6) is 11.5 Å². The number of hydrogen-bond donors (Lipinski definition) is 1. The molecule has 0 aliphatic carbocycles. The normalized spacial score (nSPS) is 17.2. The highest BCUT2D eigenvalue weighted by Gasteiger charge is 2.25. The third-order valence-corrected chi connectivity index (χ3v) is 5.44. The van der Waals surface area contributed by atoms with E-state index in [0.717, 1.165) is 17.7 Å². The van der Waals surface area contributed by atoms with Gasteiger partial charge in [-0.05, 0) is 25.0 Å². The summed E-state index contributed by atoms with van der Waals surface area (Å²) in [5, 5.41) is 4.00. The topological polar surface area (TPSA) is 82.5 Å². The maximum absolute atomic E-state index is 12.3. The first-order valence-corrected chi connectivity index (χ1v) is 9.32. The van der Waals surface area contributed by atoms with Crippen LogP contribution in [-0.4, -0.2) is 38.5 Å². The molecule has 1 aliphatic heterocycles. The van der Waals surface area contributed by atoms with Crippen LogP contribution in [0.2, 0.25) is 0 Å². The van der Waals surface area contributed by atoms with Gasteiger partial charge in [-0.25, -0.2) is 13.1 Å². The maximum Gasteiger partial charge on any atom is 0.243 e. The molecule has 0 radical (unpaired) electrons. The predicted molar refractivity (Wildman–Crippen MR) is 88.8 cm³/mol. The molecule has 1 aromatic heterocycles. The summed E-state index contributed by atoms with van der Waals surface area (Å²) in [6.45, 7) is 3.30. The minimum atomic E-state index is -3.55. The van der Waals surface area contributed by atoms with Gasteiger partial charge < -0.3 is 9.47 Å². The molecule has 24 heavy (non-hydrogen) atoms. The molecule has 0 saturated heterocycles. The van der Waals surface area contributed by atoms with Crippen molar-refractivity contribution in [3.8, 4) is 11.5 Å². The lowest BCUT2D eigenvalue weighted by Gasteiger charge is -2.26. The van der Waals surface area contributed by atoms with E-state index in [-0.39, 0.29) is 10.8 Å². The van der Waals surface area contributed by atoms with Crippen LogP contribution in [0.4, 0.5) is 0 Å². The van der Waals surface area contributed by atoms with E-state index in [2.05, 4.69) is 9.82 Å². The third kappa shape index (κ3) is 3.39. The summed E-state index contributed by atoms with van der Waals surface area (Å²) in [5.41, 5.74) is 1.03. The number of sulfonamides is 1. The summed E-state index contributed by atoms with van der Waals surface area (Å²) in [6, 6.07) is 5.74. The smallest absolute Gasteiger partial charge is 0.243 e. The Morgan fingerprint density at radius 3 is 3.00 bits per heavy atom. The van der Waals surface area contributed by atoms with Gasteiger partial charge in [-0.1, -0.05) is 12.1 Å². The number of nitrogens with one attached hydrogen (secondary N) is 1. The number of ether oxygens (including phenoxy) is 2. The molecule has 0 saturated carbocycles. The predicted octanol–water partition coefficient (Wildman–Crippen LogP) is 1.44. The lowest BCUT2D eigenvalue weighted by molar-refractivity contribution is 0.213. The molecule has 7 nitrogen and oxygen atoms in total. The van der Waals surface area contributed by atoms with Gasteiger partial charge in [0, 0.05) is 25.2 Å². The van der Waals surface area contributed by atoms with Crippen molar-refractivity contribution in [1.82, 2.24) is 14.5 Å². The number of aryl methyl sites for hydroxylation is 1. The number of methoxy groups -OCH3 is 1. The van der Waals surface area contributed by atoms with Crippen LogP contribution in [0.15, 0.2) is 35.5 Å². The Labute approximate surface area is 141 Å². The van der Waals surface area contributed by atoms with E-state index in [1.807, 2.05) is 25.1 Å². The number of fused-ring (bicyclic) bond motifs is 1. The Morgan fingerprint density at radius 2 is 2.29 bits per heavy atom. The van der Waals surface area contributed by atoms with Crippen LogP contribution in [0.1, 0.15) is 12.5 Å². The molecular formula is C16H21N3O4S. The Bertz CT molecular complexity index is 816. The summed E-state index contributed by atoms with van der Waals surface area (Å²) in [7, 11) is -1.95. The number of aromatic nitrogens is 2. The fourth-order valence-electron chi connectivity index (χ4n) is 2.72. The molecule has 3 rings (SSSR count). The number of nitrogens with zero attached hydrogens (tertiary/aromatic N) is 2. The summed E-state index contributed by atoms with van der Waals surface area (Å²) in [4.78, 5) is 0.183. The zero-order valence-electron chi connectivity index (χ0n) is 13.7. The highest BCUT2D eigenvalue weighted by Crippen LogP contribution is 2.35. The van der Waals surface area contributed by atoms with E-state index in [0.29, 0.717) is 25.4 Å². The summed E-state index contributed by atoms with van der Waals surface area (Å²) in [5.74, 6) is 1.53. The third-order valence-electron chi connectivity index (χ3n) is 4.06. The monoisotopic (exact) mass is 351 g/mol. The van der Waals surface area contributed by atoms with Crippen molar-refractivity contribution in [3.05, 3.63) is 36.2 Å². The van der Waals surface area contributed by atoms with Crippen LogP contribution < -0.4 is 14.2 Å². The lowest BCUT2D eigenvalue weighted by atomic mass is 9.96. The van der Waals surface area contributed by atoms with Crippen molar-refractivity contribution >= 4 is 10.0 Å². The SMILES string of the molecule is CCn1cc(S(=O)(=O)NCC2COc3c(cccc3OC)C2)cn1. The van der Waals surface area contributed by atoms with Gasteiger partial charge in [0.1, 0.15) is 4.90 Å². The van der Waals surface area contributed by atoms with Gasteiger partial charge in [0.25, 0.3) is 0 Å². The van der Waals surface area contributed by atoms with Crippen molar-refractivity contribution < 1.29 is 17.9 Å². The van der Waals surface area contributed by atoms with Crippen LogP contribution in [-0.2, 0) is 23.0 Å². The molecule has 0 spiro atoms. The maximum atomic E-state index is 12.3. The molecular weight excluding hydrogens is 330 g/mol. The van der Waals surface area contributed by atoms with Crippen molar-refractivity contribution in [2.45, 2.75) is 24.8 Å². The van der Waals surface area contributed by atoms with Crippen LogP contribution in [0.25, 0.3) is 0 Å². The average Bonchev–Trinajstić information content (AvgIpc) is 3.09. The molecule has 1 aromatic carbocycles. The van der Waals surface area contributed by atoms with Gasteiger partial charge in [0.15, 0.2) is 11.5 Å². The van der Waals surface area contributed by atoms with Gasteiger partial charge >= 0.3 is 0 Å². The van der Waals surface area contributed by atoms with E-state index < -0.39 is 10.0 Å². The second-order valence-electron chi connectivity index (χ2n) is 5.71. The summed E-state index contributed by atoms with van der Waals surface area (Å²) >= 11 is 0. The first-order valence-electron chi connectivity index (χ1n) is 7.84. The second-order valence-corrected chi connectivity index (χ2v) is 7.48.